The van der Waals surface area contributed by atoms with Crippen LogP contribution in [-0.4, -0.2) is 69.1 Å². The zero-order valence-corrected chi connectivity index (χ0v) is 16.4. The van der Waals surface area contributed by atoms with Gasteiger partial charge >= 0.3 is 11.7 Å². The standard InChI is InChI=1S/C18H27N5O7/c24-11-6-9-23(18(29)22-11)16-13(26)12(25)14(30-16)15(27)19-7-8-20-17(28)21-10-4-2-1-3-5-10/h6,9-10,12-14,16,25-26H,1-5,7-8H2,(H,19,27)(H2,20,21,28)(H,22,24,29). The fraction of sp³-hybridized carbons (Fsp3) is 0.667. The fourth-order valence-corrected chi connectivity index (χ4v) is 3.68. The molecule has 0 bridgehead atoms. The second-order valence-electron chi connectivity index (χ2n) is 7.47. The number of urea groups is 1. The van der Waals surface area contributed by atoms with E-state index in [0.29, 0.717) is 0 Å². The number of carbonyl (C=O) groups is 2. The molecule has 3 amide bonds. The smallest absolute Gasteiger partial charge is 0.330 e. The van der Waals surface area contributed by atoms with Crippen molar-refractivity contribution >= 4 is 11.9 Å². The highest BCUT2D eigenvalue weighted by molar-refractivity contribution is 5.82. The first-order valence-electron chi connectivity index (χ1n) is 10.0. The molecular formula is C18H27N5O7. The van der Waals surface area contributed by atoms with Gasteiger partial charge in [-0.05, 0) is 12.8 Å². The molecule has 166 valence electrons. The highest BCUT2D eigenvalue weighted by atomic mass is 16.6. The number of carbonyl (C=O) groups excluding carboxylic acids is 2. The molecule has 1 saturated carbocycles. The molecule has 1 saturated heterocycles. The number of aromatic nitrogens is 2. The Morgan fingerprint density at radius 2 is 1.80 bits per heavy atom. The van der Waals surface area contributed by atoms with Gasteiger partial charge in [-0.1, -0.05) is 19.3 Å². The molecule has 2 fully saturated rings. The van der Waals surface area contributed by atoms with Gasteiger partial charge in [-0.15, -0.1) is 0 Å². The van der Waals surface area contributed by atoms with Gasteiger partial charge in [0.15, 0.2) is 12.3 Å². The summed E-state index contributed by atoms with van der Waals surface area (Å²) in [6.07, 6.45) is 0.543. The molecule has 2 aliphatic rings. The van der Waals surface area contributed by atoms with Crippen LogP contribution < -0.4 is 27.2 Å². The van der Waals surface area contributed by atoms with Crippen LogP contribution in [-0.2, 0) is 9.53 Å². The molecule has 0 aromatic carbocycles. The van der Waals surface area contributed by atoms with Gasteiger partial charge in [-0.2, -0.15) is 0 Å². The van der Waals surface area contributed by atoms with Gasteiger partial charge in [-0.3, -0.25) is 19.1 Å². The maximum absolute atomic E-state index is 12.3. The molecule has 12 heteroatoms. The highest BCUT2D eigenvalue weighted by Crippen LogP contribution is 2.28. The van der Waals surface area contributed by atoms with Crippen molar-refractivity contribution in [1.82, 2.24) is 25.5 Å². The number of hydrogen-bond acceptors (Lipinski definition) is 7. The van der Waals surface area contributed by atoms with Crippen molar-refractivity contribution in [1.29, 1.82) is 0 Å². The topological polar surface area (TPSA) is 175 Å². The number of H-pyrrole nitrogens is 1. The van der Waals surface area contributed by atoms with Gasteiger partial charge < -0.3 is 30.9 Å². The van der Waals surface area contributed by atoms with Gasteiger partial charge in [0.2, 0.25) is 0 Å². The lowest BCUT2D eigenvalue weighted by Gasteiger charge is -2.23. The summed E-state index contributed by atoms with van der Waals surface area (Å²) >= 11 is 0. The number of nitrogens with one attached hydrogen (secondary N) is 4. The van der Waals surface area contributed by atoms with Gasteiger partial charge in [-0.25, -0.2) is 9.59 Å². The predicted octanol–water partition coefficient (Wildman–Crippen LogP) is -2.10. The molecule has 6 N–H and O–H groups in total. The Kier molecular flexibility index (Phi) is 7.24. The Balaban J connectivity index is 1.45. The quantitative estimate of drug-likeness (QED) is 0.283. The second-order valence-corrected chi connectivity index (χ2v) is 7.47. The Labute approximate surface area is 171 Å². The van der Waals surface area contributed by atoms with Crippen molar-refractivity contribution in [2.24, 2.45) is 0 Å². The average molecular weight is 425 g/mol. The lowest BCUT2D eigenvalue weighted by atomic mass is 9.96. The van der Waals surface area contributed by atoms with Crippen molar-refractivity contribution in [2.75, 3.05) is 13.1 Å². The van der Waals surface area contributed by atoms with E-state index in [2.05, 4.69) is 16.0 Å². The number of hydrogen-bond donors (Lipinski definition) is 6. The summed E-state index contributed by atoms with van der Waals surface area (Å²) in [5.41, 5.74) is -1.47. The van der Waals surface area contributed by atoms with E-state index in [1.54, 1.807) is 0 Å². The molecule has 0 radical (unpaired) electrons. The first-order chi connectivity index (χ1) is 14.4. The maximum Gasteiger partial charge on any atom is 0.330 e. The summed E-state index contributed by atoms with van der Waals surface area (Å²) in [7, 11) is 0. The summed E-state index contributed by atoms with van der Waals surface area (Å²) < 4.78 is 6.25. The predicted molar refractivity (Wildman–Crippen MR) is 104 cm³/mol. The maximum atomic E-state index is 12.3. The van der Waals surface area contributed by atoms with Crippen LogP contribution in [0.5, 0.6) is 0 Å². The number of aliphatic hydroxyl groups is 2. The molecule has 4 atom stereocenters. The second kappa shape index (κ2) is 9.87. The SMILES string of the molecule is O=C(NCCNC(=O)C1OC(n2ccc(=O)[nH]c2=O)C(O)C1O)NC1CCCCC1. The monoisotopic (exact) mass is 425 g/mol. The zero-order valence-electron chi connectivity index (χ0n) is 16.4. The highest BCUT2D eigenvalue weighted by Gasteiger charge is 2.47. The normalized spacial score (nSPS) is 26.9. The number of aromatic amines is 1. The number of nitrogens with zero attached hydrogens (tertiary/aromatic N) is 1. The molecule has 2 heterocycles. The summed E-state index contributed by atoms with van der Waals surface area (Å²) in [5.74, 6) is -0.698. The van der Waals surface area contributed by atoms with Crippen LogP contribution in [0.25, 0.3) is 0 Å². The van der Waals surface area contributed by atoms with Crippen LogP contribution in [0.15, 0.2) is 21.9 Å². The van der Waals surface area contributed by atoms with Crippen LogP contribution in [0.1, 0.15) is 38.3 Å². The molecular weight excluding hydrogens is 398 g/mol. The lowest BCUT2D eigenvalue weighted by molar-refractivity contribution is -0.137. The molecule has 1 aromatic heterocycles. The Morgan fingerprint density at radius 3 is 2.50 bits per heavy atom. The van der Waals surface area contributed by atoms with E-state index < -0.39 is 41.7 Å². The van der Waals surface area contributed by atoms with E-state index in [0.717, 1.165) is 42.5 Å². The van der Waals surface area contributed by atoms with E-state index >= 15 is 0 Å². The zero-order chi connectivity index (χ0) is 21.7. The molecule has 0 spiro atoms. The van der Waals surface area contributed by atoms with E-state index in [-0.39, 0.29) is 25.2 Å². The molecule has 1 aliphatic heterocycles. The first kappa shape index (κ1) is 22.0. The number of aliphatic hydroxyl groups excluding tert-OH is 2. The summed E-state index contributed by atoms with van der Waals surface area (Å²) in [6.45, 7) is 0.251. The van der Waals surface area contributed by atoms with E-state index in [1.807, 2.05) is 4.98 Å². The molecule has 3 rings (SSSR count). The third kappa shape index (κ3) is 5.26. The summed E-state index contributed by atoms with van der Waals surface area (Å²) in [6, 6.07) is 0.924. The van der Waals surface area contributed by atoms with E-state index in [1.165, 1.54) is 6.42 Å². The molecule has 4 unspecified atom stereocenters. The number of amides is 3. The molecule has 1 aromatic rings. The minimum absolute atomic E-state index is 0.0862. The van der Waals surface area contributed by atoms with E-state index in [4.69, 9.17) is 4.74 Å². The fourth-order valence-electron chi connectivity index (χ4n) is 3.68. The van der Waals surface area contributed by atoms with Gasteiger partial charge in [0.1, 0.15) is 12.2 Å². The molecule has 1 aliphatic carbocycles. The Bertz CT molecular complexity index is 863. The summed E-state index contributed by atoms with van der Waals surface area (Å²) in [4.78, 5) is 49.2. The van der Waals surface area contributed by atoms with Crippen LogP contribution in [0.4, 0.5) is 4.79 Å². The minimum atomic E-state index is -1.57. The van der Waals surface area contributed by atoms with Crippen LogP contribution in [0, 0.1) is 0 Å². The first-order valence-corrected chi connectivity index (χ1v) is 10.0. The third-order valence-electron chi connectivity index (χ3n) is 5.27. The van der Waals surface area contributed by atoms with Gasteiger partial charge in [0, 0.05) is 31.4 Å². The number of ether oxygens (including phenoxy) is 1. The Hall–Kier alpha value is -2.70. The number of rotatable bonds is 6. The third-order valence-corrected chi connectivity index (χ3v) is 5.27. The van der Waals surface area contributed by atoms with Gasteiger partial charge in [0.05, 0.1) is 0 Å². The Morgan fingerprint density at radius 1 is 1.10 bits per heavy atom. The average Bonchev–Trinajstić information content (AvgIpc) is 3.01. The van der Waals surface area contributed by atoms with Crippen molar-refractivity contribution in [3.8, 4) is 0 Å². The van der Waals surface area contributed by atoms with Crippen molar-refractivity contribution in [3.63, 3.8) is 0 Å². The van der Waals surface area contributed by atoms with E-state index in [9.17, 15) is 29.4 Å². The van der Waals surface area contributed by atoms with Crippen LogP contribution >= 0.6 is 0 Å². The largest absolute Gasteiger partial charge is 0.387 e. The van der Waals surface area contributed by atoms with Crippen molar-refractivity contribution in [3.05, 3.63) is 33.1 Å². The van der Waals surface area contributed by atoms with Crippen LogP contribution in [0.3, 0.4) is 0 Å². The lowest BCUT2D eigenvalue weighted by Crippen LogP contribution is -2.47. The van der Waals surface area contributed by atoms with Gasteiger partial charge in [0.25, 0.3) is 11.5 Å². The minimum Gasteiger partial charge on any atom is -0.387 e. The van der Waals surface area contributed by atoms with Crippen LogP contribution in [0.2, 0.25) is 0 Å². The summed E-state index contributed by atoms with van der Waals surface area (Å²) in [5, 5.41) is 28.3. The molecule has 12 nitrogen and oxygen atoms in total. The molecule has 30 heavy (non-hydrogen) atoms. The van der Waals surface area contributed by atoms with Crippen molar-refractivity contribution < 1.29 is 24.5 Å². The van der Waals surface area contributed by atoms with Crippen molar-refractivity contribution in [2.45, 2.75) is 62.7 Å².